The van der Waals surface area contributed by atoms with E-state index in [1.54, 1.807) is 12.5 Å². The molecule has 0 fully saturated rings. The lowest BCUT2D eigenvalue weighted by atomic mass is 10.2. The highest BCUT2D eigenvalue weighted by molar-refractivity contribution is 5.35. The molecule has 1 aromatic carbocycles. The first-order chi connectivity index (χ1) is 8.79. The maximum atomic E-state index is 13.4. The van der Waals surface area contributed by atoms with Crippen molar-refractivity contribution in [3.05, 3.63) is 48.3 Å². The van der Waals surface area contributed by atoms with Crippen molar-refractivity contribution in [3.8, 4) is 11.8 Å². The summed E-state index contributed by atoms with van der Waals surface area (Å²) in [7, 11) is 0. The third kappa shape index (κ3) is 3.08. The quantitative estimate of drug-likeness (QED) is 0.760. The highest BCUT2D eigenvalue weighted by Crippen LogP contribution is 2.18. The number of benzene rings is 1. The molecule has 1 aromatic heterocycles. The molecule has 1 heterocycles. The monoisotopic (exact) mass is 245 g/mol. The molecule has 0 aliphatic heterocycles. The summed E-state index contributed by atoms with van der Waals surface area (Å²) in [6.07, 6.45) is 6.06. The van der Waals surface area contributed by atoms with Crippen LogP contribution in [0.5, 0.6) is 5.75 Å². The van der Waals surface area contributed by atoms with Crippen LogP contribution in [-0.2, 0) is 6.54 Å². The van der Waals surface area contributed by atoms with E-state index in [9.17, 15) is 4.39 Å². The average molecular weight is 245 g/mol. The van der Waals surface area contributed by atoms with Gasteiger partial charge in [-0.25, -0.2) is 9.37 Å². The van der Waals surface area contributed by atoms with Gasteiger partial charge in [0.25, 0.3) is 0 Å². The molecule has 0 amide bonds. The molecule has 5 heteroatoms. The van der Waals surface area contributed by atoms with E-state index in [1.807, 2.05) is 16.8 Å². The number of aromatic nitrogens is 2. The van der Waals surface area contributed by atoms with Crippen molar-refractivity contribution in [1.82, 2.24) is 9.55 Å². The zero-order valence-electron chi connectivity index (χ0n) is 9.71. The summed E-state index contributed by atoms with van der Waals surface area (Å²) in [5, 5.41) is 8.61. The lowest BCUT2D eigenvalue weighted by Crippen LogP contribution is -2.04. The van der Waals surface area contributed by atoms with E-state index in [0.29, 0.717) is 12.2 Å². The Labute approximate surface area is 104 Å². The van der Waals surface area contributed by atoms with E-state index in [1.165, 1.54) is 18.2 Å². The smallest absolute Gasteiger partial charge is 0.166 e. The van der Waals surface area contributed by atoms with Crippen LogP contribution in [0, 0.1) is 17.1 Å². The summed E-state index contributed by atoms with van der Waals surface area (Å²) in [5.74, 6) is -0.323. The van der Waals surface area contributed by atoms with Gasteiger partial charge >= 0.3 is 0 Å². The molecule has 18 heavy (non-hydrogen) atoms. The molecule has 0 bridgehead atoms. The Hall–Kier alpha value is -2.35. The Balaban J connectivity index is 1.82. The fraction of sp³-hybridized carbons (Fsp3) is 0.231. The van der Waals surface area contributed by atoms with Crippen LogP contribution in [0.3, 0.4) is 0 Å². The predicted octanol–water partition coefficient (Wildman–Crippen LogP) is 2.36. The van der Waals surface area contributed by atoms with Crippen LogP contribution in [0.1, 0.15) is 12.0 Å². The lowest BCUT2D eigenvalue weighted by molar-refractivity contribution is 0.287. The highest BCUT2D eigenvalue weighted by atomic mass is 19.1. The van der Waals surface area contributed by atoms with Gasteiger partial charge in [0.2, 0.25) is 0 Å². The van der Waals surface area contributed by atoms with E-state index in [0.717, 1.165) is 13.0 Å². The Morgan fingerprint density at radius 1 is 1.44 bits per heavy atom. The van der Waals surface area contributed by atoms with Gasteiger partial charge in [0.1, 0.15) is 0 Å². The van der Waals surface area contributed by atoms with Crippen molar-refractivity contribution in [1.29, 1.82) is 5.26 Å². The zero-order chi connectivity index (χ0) is 12.8. The van der Waals surface area contributed by atoms with Gasteiger partial charge in [0.05, 0.1) is 24.6 Å². The van der Waals surface area contributed by atoms with Gasteiger partial charge in [-0.05, 0) is 24.6 Å². The summed E-state index contributed by atoms with van der Waals surface area (Å²) in [5.41, 5.74) is 0.290. The molecular weight excluding hydrogens is 233 g/mol. The molecule has 0 atom stereocenters. The van der Waals surface area contributed by atoms with Crippen molar-refractivity contribution in [3.63, 3.8) is 0 Å². The number of nitrogens with zero attached hydrogens (tertiary/aromatic N) is 3. The van der Waals surface area contributed by atoms with E-state index in [-0.39, 0.29) is 5.75 Å². The van der Waals surface area contributed by atoms with Crippen molar-refractivity contribution in [2.75, 3.05) is 6.61 Å². The molecule has 2 rings (SSSR count). The first kappa shape index (κ1) is 12.1. The SMILES string of the molecule is N#Cc1ccc(OCCCn2ccnc2)c(F)c1. The molecule has 0 saturated carbocycles. The second-order valence-electron chi connectivity index (χ2n) is 3.76. The Bertz CT molecular complexity index is 546. The molecule has 0 aliphatic rings. The lowest BCUT2D eigenvalue weighted by Gasteiger charge is -2.07. The summed E-state index contributed by atoms with van der Waals surface area (Å²) in [6, 6.07) is 6.06. The minimum Gasteiger partial charge on any atom is -0.490 e. The van der Waals surface area contributed by atoms with Crippen molar-refractivity contribution >= 4 is 0 Å². The van der Waals surface area contributed by atoms with Gasteiger partial charge in [0, 0.05) is 18.9 Å². The summed E-state index contributed by atoms with van der Waals surface area (Å²) in [4.78, 5) is 3.92. The van der Waals surface area contributed by atoms with E-state index in [2.05, 4.69) is 4.98 Å². The first-order valence-corrected chi connectivity index (χ1v) is 5.58. The number of rotatable bonds is 5. The molecule has 0 saturated heterocycles. The van der Waals surface area contributed by atoms with Crippen LogP contribution in [0.25, 0.3) is 0 Å². The fourth-order valence-electron chi connectivity index (χ4n) is 1.54. The molecule has 2 aromatic rings. The Kier molecular flexibility index (Phi) is 3.92. The number of hydrogen-bond acceptors (Lipinski definition) is 3. The van der Waals surface area contributed by atoms with Crippen LogP contribution in [0.4, 0.5) is 4.39 Å². The molecule has 0 aliphatic carbocycles. The number of hydrogen-bond donors (Lipinski definition) is 0. The molecule has 0 unspecified atom stereocenters. The number of halogens is 1. The number of imidazole rings is 1. The zero-order valence-corrected chi connectivity index (χ0v) is 9.71. The predicted molar refractivity (Wildman–Crippen MR) is 63.5 cm³/mol. The minimum absolute atomic E-state index is 0.180. The van der Waals surface area contributed by atoms with Crippen LogP contribution >= 0.6 is 0 Å². The molecular formula is C13H12FN3O. The second-order valence-corrected chi connectivity index (χ2v) is 3.76. The van der Waals surface area contributed by atoms with Gasteiger partial charge in [-0.3, -0.25) is 0 Å². The maximum Gasteiger partial charge on any atom is 0.166 e. The molecule has 0 spiro atoms. The maximum absolute atomic E-state index is 13.4. The first-order valence-electron chi connectivity index (χ1n) is 5.58. The van der Waals surface area contributed by atoms with Crippen LogP contribution < -0.4 is 4.74 Å². The normalized spacial score (nSPS) is 10.0. The molecule has 4 nitrogen and oxygen atoms in total. The molecule has 0 N–H and O–H groups in total. The third-order valence-corrected chi connectivity index (χ3v) is 2.44. The van der Waals surface area contributed by atoms with E-state index >= 15 is 0 Å². The highest BCUT2D eigenvalue weighted by Gasteiger charge is 2.04. The van der Waals surface area contributed by atoms with Crippen LogP contribution in [-0.4, -0.2) is 16.2 Å². The largest absolute Gasteiger partial charge is 0.490 e. The van der Waals surface area contributed by atoms with Gasteiger partial charge < -0.3 is 9.30 Å². The number of ether oxygens (including phenoxy) is 1. The number of aryl methyl sites for hydroxylation is 1. The van der Waals surface area contributed by atoms with Crippen molar-refractivity contribution < 1.29 is 9.13 Å². The average Bonchev–Trinajstić information content (AvgIpc) is 2.89. The second kappa shape index (κ2) is 5.82. The fourth-order valence-corrected chi connectivity index (χ4v) is 1.54. The van der Waals surface area contributed by atoms with E-state index < -0.39 is 5.82 Å². The summed E-state index contributed by atoms with van der Waals surface area (Å²) in [6.45, 7) is 1.19. The topological polar surface area (TPSA) is 50.8 Å². The molecule has 0 radical (unpaired) electrons. The van der Waals surface area contributed by atoms with Crippen LogP contribution in [0.2, 0.25) is 0 Å². The summed E-state index contributed by atoms with van der Waals surface area (Å²) < 4.78 is 20.7. The Morgan fingerprint density at radius 2 is 2.33 bits per heavy atom. The van der Waals surface area contributed by atoms with Gasteiger partial charge in [-0.15, -0.1) is 0 Å². The Morgan fingerprint density at radius 3 is 3.00 bits per heavy atom. The van der Waals surface area contributed by atoms with Crippen molar-refractivity contribution in [2.24, 2.45) is 0 Å². The summed E-state index contributed by atoms with van der Waals surface area (Å²) >= 11 is 0. The van der Waals surface area contributed by atoms with Crippen LogP contribution in [0.15, 0.2) is 36.9 Å². The minimum atomic E-state index is -0.503. The molecule has 92 valence electrons. The van der Waals surface area contributed by atoms with E-state index in [4.69, 9.17) is 10.00 Å². The standard InChI is InChI=1S/C13H12FN3O/c14-12-8-11(9-15)2-3-13(12)18-7-1-5-17-6-4-16-10-17/h2-4,6,8,10H,1,5,7H2. The van der Waals surface area contributed by atoms with Gasteiger partial charge in [-0.2, -0.15) is 5.26 Å². The van der Waals surface area contributed by atoms with Gasteiger partial charge in [0.15, 0.2) is 11.6 Å². The number of nitriles is 1. The third-order valence-electron chi connectivity index (χ3n) is 2.44. The van der Waals surface area contributed by atoms with Gasteiger partial charge in [-0.1, -0.05) is 0 Å². The van der Waals surface area contributed by atoms with Crippen molar-refractivity contribution in [2.45, 2.75) is 13.0 Å².